The molecule has 3 N–H and O–H groups in total. The molecule has 0 radical (unpaired) electrons. The van der Waals surface area contributed by atoms with Crippen LogP contribution in [-0.4, -0.2) is 29.3 Å². The first-order valence-corrected chi connectivity index (χ1v) is 10.3. The summed E-state index contributed by atoms with van der Waals surface area (Å²) in [6.07, 6.45) is -3.34. The van der Waals surface area contributed by atoms with E-state index in [1.54, 1.807) is 6.33 Å². The molecule has 0 bridgehead atoms. The number of primary sulfonamides is 1. The van der Waals surface area contributed by atoms with Crippen LogP contribution in [0.2, 0.25) is 0 Å². The van der Waals surface area contributed by atoms with Crippen molar-refractivity contribution in [3.63, 3.8) is 0 Å². The van der Waals surface area contributed by atoms with Gasteiger partial charge in [-0.25, -0.2) is 23.5 Å². The number of ether oxygens (including phenoxy) is 1. The number of alkyl halides is 3. The Hall–Kier alpha value is -2.61. The predicted octanol–water partition coefficient (Wildman–Crippen LogP) is 3.89. The van der Waals surface area contributed by atoms with Crippen LogP contribution in [0.15, 0.2) is 41.6 Å². The zero-order valence-electron chi connectivity index (χ0n) is 15.0. The highest BCUT2D eigenvalue weighted by Gasteiger charge is 2.32. The average Bonchev–Trinajstić information content (AvgIpc) is 3.17. The van der Waals surface area contributed by atoms with Crippen molar-refractivity contribution in [1.29, 1.82) is 0 Å². The molecule has 0 aliphatic heterocycles. The van der Waals surface area contributed by atoms with E-state index in [1.165, 1.54) is 11.3 Å². The van der Waals surface area contributed by atoms with Crippen LogP contribution in [0.25, 0.3) is 21.3 Å². The molecule has 14 heteroatoms. The van der Waals surface area contributed by atoms with Crippen molar-refractivity contribution in [2.24, 2.45) is 12.2 Å². The molecule has 2 aromatic carbocycles. The van der Waals surface area contributed by atoms with Crippen molar-refractivity contribution in [3.05, 3.63) is 36.7 Å². The fourth-order valence-electron chi connectivity index (χ4n) is 2.75. The van der Waals surface area contributed by atoms with Crippen molar-refractivity contribution < 1.29 is 26.3 Å². The third-order valence-electron chi connectivity index (χ3n) is 4.00. The summed E-state index contributed by atoms with van der Waals surface area (Å²) in [7, 11) is -2.31. The van der Waals surface area contributed by atoms with Gasteiger partial charge in [0.25, 0.3) is 0 Å². The van der Waals surface area contributed by atoms with Crippen molar-refractivity contribution in [2.45, 2.75) is 11.3 Å². The lowest BCUT2D eigenvalue weighted by Gasteiger charge is -2.14. The Bertz CT molecular complexity index is 1350. The zero-order valence-corrected chi connectivity index (χ0v) is 17.4. The van der Waals surface area contributed by atoms with Crippen LogP contribution in [0, 0.1) is 0 Å². The number of rotatable bonds is 4. The largest absolute Gasteiger partial charge is 0.573 e. The van der Waals surface area contributed by atoms with E-state index in [0.29, 0.717) is 11.0 Å². The van der Waals surface area contributed by atoms with Gasteiger partial charge in [-0.3, -0.25) is 0 Å². The first kappa shape index (κ1) is 22.1. The van der Waals surface area contributed by atoms with E-state index < -0.39 is 22.1 Å². The molecule has 0 spiro atoms. The Morgan fingerprint density at radius 2 is 1.93 bits per heavy atom. The number of nitrogens with one attached hydrogen (secondary N) is 1. The van der Waals surface area contributed by atoms with Crippen LogP contribution in [0.4, 0.5) is 24.0 Å². The molecular weight excluding hydrogens is 467 g/mol. The van der Waals surface area contributed by atoms with Gasteiger partial charge < -0.3 is 14.6 Å². The fraction of sp³-hybridized carbons (Fsp3) is 0.125. The summed E-state index contributed by atoms with van der Waals surface area (Å²) in [5, 5.41) is 8.01. The SMILES string of the molecule is Cl.Cn1cnc2c3nc(Nc4cc(S(N)(=O)=O)ccc4OC(F)(F)F)sc3ccc21. The number of hydrogen-bond donors (Lipinski definition) is 2. The maximum atomic E-state index is 12.7. The van der Waals surface area contributed by atoms with Crippen molar-refractivity contribution >= 4 is 65.8 Å². The van der Waals surface area contributed by atoms with Crippen LogP contribution >= 0.6 is 23.7 Å². The number of benzene rings is 2. The summed E-state index contributed by atoms with van der Waals surface area (Å²) >= 11 is 1.17. The van der Waals surface area contributed by atoms with E-state index in [9.17, 15) is 21.6 Å². The molecule has 0 aliphatic carbocycles. The molecule has 160 valence electrons. The molecule has 0 unspecified atom stereocenters. The third-order valence-corrected chi connectivity index (χ3v) is 5.85. The maximum Gasteiger partial charge on any atom is 0.573 e. The number of nitrogens with two attached hydrogens (primary N) is 1. The highest BCUT2D eigenvalue weighted by molar-refractivity contribution is 7.89. The van der Waals surface area contributed by atoms with Gasteiger partial charge in [-0.1, -0.05) is 11.3 Å². The highest BCUT2D eigenvalue weighted by atomic mass is 35.5. The Labute approximate surface area is 177 Å². The molecule has 0 aliphatic rings. The minimum Gasteiger partial charge on any atom is -0.404 e. The van der Waals surface area contributed by atoms with Gasteiger partial charge in [-0.15, -0.1) is 25.6 Å². The number of anilines is 2. The zero-order chi connectivity index (χ0) is 21.0. The Morgan fingerprint density at radius 3 is 2.60 bits per heavy atom. The van der Waals surface area contributed by atoms with Crippen molar-refractivity contribution in [3.8, 4) is 5.75 Å². The number of aromatic nitrogens is 3. The molecule has 0 saturated carbocycles. The number of hydrogen-bond acceptors (Lipinski definition) is 7. The van der Waals surface area contributed by atoms with Gasteiger partial charge in [-0.05, 0) is 30.3 Å². The summed E-state index contributed by atoms with van der Waals surface area (Å²) in [5.74, 6) is -0.618. The second-order valence-corrected chi connectivity index (χ2v) is 8.62. The van der Waals surface area contributed by atoms with Crippen LogP contribution < -0.4 is 15.2 Å². The lowest BCUT2D eigenvalue weighted by atomic mass is 10.3. The van der Waals surface area contributed by atoms with Crippen LogP contribution in [-0.2, 0) is 17.1 Å². The van der Waals surface area contributed by atoms with Gasteiger partial charge in [-0.2, -0.15) is 0 Å². The smallest absolute Gasteiger partial charge is 0.404 e. The monoisotopic (exact) mass is 479 g/mol. The lowest BCUT2D eigenvalue weighted by Crippen LogP contribution is -2.18. The first-order valence-electron chi connectivity index (χ1n) is 7.91. The van der Waals surface area contributed by atoms with E-state index in [-0.39, 0.29) is 28.1 Å². The second-order valence-electron chi connectivity index (χ2n) is 6.03. The molecule has 0 atom stereocenters. The Balaban J connectivity index is 0.00000256. The average molecular weight is 480 g/mol. The van der Waals surface area contributed by atoms with Gasteiger partial charge in [0.15, 0.2) is 10.9 Å². The molecule has 0 fully saturated rings. The fourth-order valence-corrected chi connectivity index (χ4v) is 4.18. The molecule has 8 nitrogen and oxygen atoms in total. The Morgan fingerprint density at radius 1 is 1.20 bits per heavy atom. The van der Waals surface area contributed by atoms with E-state index in [1.807, 2.05) is 23.7 Å². The summed E-state index contributed by atoms with van der Waals surface area (Å²) in [6, 6.07) is 6.43. The topological polar surface area (TPSA) is 112 Å². The van der Waals surface area contributed by atoms with E-state index >= 15 is 0 Å². The highest BCUT2D eigenvalue weighted by Crippen LogP contribution is 2.37. The van der Waals surface area contributed by atoms with E-state index in [2.05, 4.69) is 20.0 Å². The molecule has 2 heterocycles. The number of imidazole rings is 1. The van der Waals surface area contributed by atoms with Gasteiger partial charge >= 0.3 is 6.36 Å². The number of halogens is 4. The third kappa shape index (κ3) is 4.28. The van der Waals surface area contributed by atoms with Crippen molar-refractivity contribution in [2.75, 3.05) is 5.32 Å². The molecule has 4 aromatic rings. The minimum atomic E-state index is -4.97. The molecule has 0 saturated heterocycles. The van der Waals surface area contributed by atoms with Gasteiger partial charge in [0, 0.05) is 7.05 Å². The van der Waals surface area contributed by atoms with Crippen LogP contribution in [0.5, 0.6) is 5.75 Å². The number of nitrogens with zero attached hydrogens (tertiary/aromatic N) is 3. The Kier molecular flexibility index (Phi) is 5.58. The van der Waals surface area contributed by atoms with Crippen molar-refractivity contribution in [1.82, 2.24) is 14.5 Å². The quantitative estimate of drug-likeness (QED) is 0.459. The van der Waals surface area contributed by atoms with E-state index in [0.717, 1.165) is 28.4 Å². The maximum absolute atomic E-state index is 12.7. The standard InChI is InChI=1S/C16H12F3N5O3S2.ClH/c1-24-7-21-13-10(24)3-5-12-14(13)23-15(28-12)22-9-6-8(29(20,25)26)2-4-11(9)27-16(17,18)19;/h2-7H,1H3,(H,22,23)(H2,20,25,26);1H. The second kappa shape index (κ2) is 7.58. The molecule has 2 aromatic heterocycles. The van der Waals surface area contributed by atoms with Gasteiger partial charge in [0.2, 0.25) is 10.0 Å². The summed E-state index contributed by atoms with van der Waals surface area (Å²) in [6.45, 7) is 0. The molecule has 4 rings (SSSR count). The summed E-state index contributed by atoms with van der Waals surface area (Å²) in [5.41, 5.74) is 1.80. The number of thiazole rings is 1. The van der Waals surface area contributed by atoms with E-state index in [4.69, 9.17) is 5.14 Å². The van der Waals surface area contributed by atoms with Crippen LogP contribution in [0.3, 0.4) is 0 Å². The first-order chi connectivity index (χ1) is 13.5. The van der Waals surface area contributed by atoms with Gasteiger partial charge in [0.05, 0.1) is 27.1 Å². The minimum absolute atomic E-state index is 0. The predicted molar refractivity (Wildman–Crippen MR) is 109 cm³/mol. The molecule has 30 heavy (non-hydrogen) atoms. The van der Waals surface area contributed by atoms with Gasteiger partial charge in [0.1, 0.15) is 11.0 Å². The normalized spacial score (nSPS) is 12.2. The number of aryl methyl sites for hydroxylation is 1. The summed E-state index contributed by atoms with van der Waals surface area (Å²) in [4.78, 5) is 8.31. The number of fused-ring (bicyclic) bond motifs is 3. The number of sulfonamides is 1. The summed E-state index contributed by atoms with van der Waals surface area (Å²) < 4.78 is 67.9. The molecular formula is C16H13ClF3N5O3S2. The van der Waals surface area contributed by atoms with Crippen LogP contribution in [0.1, 0.15) is 0 Å². The lowest BCUT2D eigenvalue weighted by molar-refractivity contribution is -0.274. The molecule has 0 amide bonds.